The second-order valence-corrected chi connectivity index (χ2v) is 5.48. The minimum Gasteiger partial charge on any atom is -0.365 e. The highest BCUT2D eigenvalue weighted by atomic mass is 16.2. The fourth-order valence-corrected chi connectivity index (χ4v) is 3.10. The molecule has 4 rings (SSSR count). The number of nitrogens with one attached hydrogen (secondary N) is 1. The summed E-state index contributed by atoms with van der Waals surface area (Å²) in [7, 11) is 0. The van der Waals surface area contributed by atoms with Crippen LogP contribution in [0.2, 0.25) is 0 Å². The Balaban J connectivity index is 1.71. The highest BCUT2D eigenvalue weighted by Gasteiger charge is 2.23. The Hall–Kier alpha value is -2.55. The van der Waals surface area contributed by atoms with E-state index in [2.05, 4.69) is 11.1 Å². The van der Waals surface area contributed by atoms with Gasteiger partial charge < -0.3 is 9.88 Å². The monoisotopic (exact) mass is 276 g/mol. The molecule has 21 heavy (non-hydrogen) atoms. The number of fused-ring (bicyclic) bond motifs is 2. The molecular formula is C18H16N2O. The zero-order valence-corrected chi connectivity index (χ0v) is 11.7. The van der Waals surface area contributed by atoms with E-state index in [0.717, 1.165) is 29.3 Å². The van der Waals surface area contributed by atoms with E-state index in [1.807, 2.05) is 53.6 Å². The van der Waals surface area contributed by atoms with Crippen LogP contribution in [0.3, 0.4) is 0 Å². The molecule has 1 aliphatic heterocycles. The molecule has 1 N–H and O–H groups in total. The second-order valence-electron chi connectivity index (χ2n) is 5.48. The molecule has 0 spiro atoms. The first-order valence-electron chi connectivity index (χ1n) is 7.25. The molecule has 3 aromatic rings. The number of aromatic nitrogens is 1. The van der Waals surface area contributed by atoms with Crippen LogP contribution in [0.25, 0.3) is 10.8 Å². The van der Waals surface area contributed by atoms with Crippen LogP contribution in [0.1, 0.15) is 21.6 Å². The van der Waals surface area contributed by atoms with E-state index >= 15 is 0 Å². The van der Waals surface area contributed by atoms with Crippen LogP contribution in [-0.2, 0) is 13.0 Å². The smallest absolute Gasteiger partial charge is 0.254 e. The van der Waals surface area contributed by atoms with Gasteiger partial charge in [0.2, 0.25) is 0 Å². The minimum atomic E-state index is 0.124. The number of amides is 1. The van der Waals surface area contributed by atoms with E-state index in [9.17, 15) is 4.79 Å². The Kier molecular flexibility index (Phi) is 2.78. The van der Waals surface area contributed by atoms with Crippen molar-refractivity contribution in [2.24, 2.45) is 0 Å². The van der Waals surface area contributed by atoms with Gasteiger partial charge in [-0.3, -0.25) is 4.79 Å². The molecule has 1 aromatic heterocycles. The topological polar surface area (TPSA) is 36.1 Å². The largest absolute Gasteiger partial charge is 0.365 e. The lowest BCUT2D eigenvalue weighted by molar-refractivity contribution is 0.0736. The van der Waals surface area contributed by atoms with Crippen molar-refractivity contribution in [3.63, 3.8) is 0 Å². The molecule has 1 aliphatic rings. The maximum atomic E-state index is 12.9. The number of benzene rings is 2. The Morgan fingerprint density at radius 2 is 1.90 bits per heavy atom. The third-order valence-electron chi connectivity index (χ3n) is 4.23. The summed E-state index contributed by atoms with van der Waals surface area (Å²) < 4.78 is 0. The van der Waals surface area contributed by atoms with Crippen LogP contribution in [0.4, 0.5) is 0 Å². The van der Waals surface area contributed by atoms with Crippen LogP contribution < -0.4 is 0 Å². The zero-order valence-electron chi connectivity index (χ0n) is 11.7. The van der Waals surface area contributed by atoms with Gasteiger partial charge in [0.05, 0.1) is 0 Å². The summed E-state index contributed by atoms with van der Waals surface area (Å²) in [5, 5.41) is 2.15. The highest BCUT2D eigenvalue weighted by Crippen LogP contribution is 2.23. The summed E-state index contributed by atoms with van der Waals surface area (Å²) in [4.78, 5) is 18.1. The normalized spacial score (nSPS) is 14.2. The van der Waals surface area contributed by atoms with Crippen LogP contribution in [-0.4, -0.2) is 22.3 Å². The van der Waals surface area contributed by atoms with Gasteiger partial charge in [-0.25, -0.2) is 0 Å². The number of nitrogens with zero attached hydrogens (tertiary/aromatic N) is 1. The van der Waals surface area contributed by atoms with Crippen molar-refractivity contribution in [1.82, 2.24) is 9.88 Å². The molecular weight excluding hydrogens is 260 g/mol. The Morgan fingerprint density at radius 3 is 2.86 bits per heavy atom. The average Bonchev–Trinajstić information content (AvgIpc) is 3.01. The number of hydrogen-bond donors (Lipinski definition) is 1. The van der Waals surface area contributed by atoms with Crippen molar-refractivity contribution in [3.05, 3.63) is 71.5 Å². The maximum Gasteiger partial charge on any atom is 0.254 e. The van der Waals surface area contributed by atoms with E-state index in [1.165, 1.54) is 11.3 Å². The molecule has 0 bridgehead atoms. The van der Waals surface area contributed by atoms with Gasteiger partial charge in [0, 0.05) is 37.0 Å². The first-order chi connectivity index (χ1) is 10.3. The standard InChI is InChI=1S/C18H16N2O/c21-18(20-11-9-17-14(12-20)8-10-19-17)16-7-3-5-13-4-1-2-6-15(13)16/h1-8,10,19H,9,11-12H2. The Bertz CT molecular complexity index is 813. The minimum absolute atomic E-state index is 0.124. The van der Waals surface area contributed by atoms with E-state index in [0.29, 0.717) is 6.54 Å². The van der Waals surface area contributed by atoms with Crippen LogP contribution in [0.15, 0.2) is 54.7 Å². The molecule has 2 aromatic carbocycles. The van der Waals surface area contributed by atoms with Gasteiger partial charge in [-0.1, -0.05) is 36.4 Å². The number of H-pyrrole nitrogens is 1. The summed E-state index contributed by atoms with van der Waals surface area (Å²) in [6.45, 7) is 1.47. The summed E-state index contributed by atoms with van der Waals surface area (Å²) >= 11 is 0. The van der Waals surface area contributed by atoms with Crippen molar-refractivity contribution in [2.45, 2.75) is 13.0 Å². The van der Waals surface area contributed by atoms with Crippen molar-refractivity contribution in [1.29, 1.82) is 0 Å². The van der Waals surface area contributed by atoms with Crippen LogP contribution in [0, 0.1) is 0 Å². The zero-order chi connectivity index (χ0) is 14.2. The molecule has 0 saturated carbocycles. The van der Waals surface area contributed by atoms with Gasteiger partial charge in [0.25, 0.3) is 5.91 Å². The fraction of sp³-hybridized carbons (Fsp3) is 0.167. The first-order valence-corrected chi connectivity index (χ1v) is 7.25. The third-order valence-corrected chi connectivity index (χ3v) is 4.23. The van der Waals surface area contributed by atoms with Crippen molar-refractivity contribution in [3.8, 4) is 0 Å². The summed E-state index contributed by atoms with van der Waals surface area (Å²) in [6.07, 6.45) is 2.86. The van der Waals surface area contributed by atoms with Crippen molar-refractivity contribution in [2.75, 3.05) is 6.54 Å². The molecule has 0 fully saturated rings. The Morgan fingerprint density at radius 1 is 1.05 bits per heavy atom. The summed E-state index contributed by atoms with van der Waals surface area (Å²) in [6, 6.07) is 16.1. The van der Waals surface area contributed by atoms with Crippen molar-refractivity contribution < 1.29 is 4.79 Å². The van der Waals surface area contributed by atoms with E-state index in [4.69, 9.17) is 0 Å². The van der Waals surface area contributed by atoms with Crippen molar-refractivity contribution >= 4 is 16.7 Å². The fourth-order valence-electron chi connectivity index (χ4n) is 3.10. The van der Waals surface area contributed by atoms with Crippen LogP contribution >= 0.6 is 0 Å². The van der Waals surface area contributed by atoms with Crippen LogP contribution in [0.5, 0.6) is 0 Å². The molecule has 0 unspecified atom stereocenters. The maximum absolute atomic E-state index is 12.9. The van der Waals surface area contributed by atoms with Gasteiger partial charge in [0.1, 0.15) is 0 Å². The lowest BCUT2D eigenvalue weighted by Crippen LogP contribution is -2.35. The average molecular weight is 276 g/mol. The van der Waals surface area contributed by atoms with Gasteiger partial charge >= 0.3 is 0 Å². The van der Waals surface area contributed by atoms with Gasteiger partial charge in [-0.15, -0.1) is 0 Å². The van der Waals surface area contributed by atoms with Gasteiger partial charge in [0.15, 0.2) is 0 Å². The number of rotatable bonds is 1. The van der Waals surface area contributed by atoms with E-state index < -0.39 is 0 Å². The number of aromatic amines is 1. The molecule has 0 saturated heterocycles. The predicted molar refractivity (Wildman–Crippen MR) is 83.2 cm³/mol. The Labute approximate surface area is 123 Å². The molecule has 0 atom stereocenters. The van der Waals surface area contributed by atoms with Gasteiger partial charge in [-0.2, -0.15) is 0 Å². The summed E-state index contributed by atoms with van der Waals surface area (Å²) in [5.74, 6) is 0.124. The quantitative estimate of drug-likeness (QED) is 0.727. The SMILES string of the molecule is O=C(c1cccc2ccccc12)N1CCc2[nH]ccc2C1. The molecule has 104 valence electrons. The van der Waals surface area contributed by atoms with Gasteiger partial charge in [-0.05, 0) is 28.5 Å². The molecule has 2 heterocycles. The molecule has 1 amide bonds. The summed E-state index contributed by atoms with van der Waals surface area (Å²) in [5.41, 5.74) is 3.29. The second kappa shape index (κ2) is 4.77. The predicted octanol–water partition coefficient (Wildman–Crippen LogP) is 3.37. The van der Waals surface area contributed by atoms with E-state index in [1.54, 1.807) is 0 Å². The number of hydrogen-bond acceptors (Lipinski definition) is 1. The molecule has 0 radical (unpaired) electrons. The third kappa shape index (κ3) is 2.02. The highest BCUT2D eigenvalue weighted by molar-refractivity contribution is 6.07. The molecule has 0 aliphatic carbocycles. The number of carbonyl (C=O) groups excluding carboxylic acids is 1. The number of carbonyl (C=O) groups is 1. The first kappa shape index (κ1) is 12.2. The molecule has 3 heteroatoms. The van der Waals surface area contributed by atoms with E-state index in [-0.39, 0.29) is 5.91 Å². The lowest BCUT2D eigenvalue weighted by atomic mass is 10.0. The molecule has 3 nitrogen and oxygen atoms in total. The lowest BCUT2D eigenvalue weighted by Gasteiger charge is -2.27.